The summed E-state index contributed by atoms with van der Waals surface area (Å²) < 4.78 is 8.49. The van der Waals surface area contributed by atoms with Gasteiger partial charge in [0.25, 0.3) is 0 Å². The third kappa shape index (κ3) is 4.93. The molecule has 1 fully saturated rings. The van der Waals surface area contributed by atoms with Crippen molar-refractivity contribution in [3.05, 3.63) is 83.9 Å². The second kappa shape index (κ2) is 9.95. The van der Waals surface area contributed by atoms with Gasteiger partial charge in [0.15, 0.2) is 5.78 Å². The molecule has 32 heavy (non-hydrogen) atoms. The van der Waals surface area contributed by atoms with E-state index in [4.69, 9.17) is 4.74 Å². The fourth-order valence-corrected chi connectivity index (χ4v) is 6.36. The molecule has 5 rings (SSSR count). The van der Waals surface area contributed by atoms with E-state index in [1.54, 1.807) is 6.20 Å². The second-order valence-electron chi connectivity index (χ2n) is 8.94. The lowest BCUT2D eigenvalue weighted by Gasteiger charge is -2.26. The molecule has 0 aliphatic heterocycles. The van der Waals surface area contributed by atoms with Gasteiger partial charge < -0.3 is 9.30 Å². The minimum atomic E-state index is -0.127. The highest BCUT2D eigenvalue weighted by Gasteiger charge is 2.29. The zero-order valence-electron chi connectivity index (χ0n) is 18.4. The van der Waals surface area contributed by atoms with Gasteiger partial charge in [0.05, 0.1) is 12.9 Å². The van der Waals surface area contributed by atoms with Crippen molar-refractivity contribution in [1.29, 1.82) is 0 Å². The predicted molar refractivity (Wildman–Crippen MR) is 129 cm³/mol. The van der Waals surface area contributed by atoms with Crippen molar-refractivity contribution in [3.63, 3.8) is 0 Å². The number of carbonyl (C=O) groups excluding carboxylic acids is 1. The average Bonchev–Trinajstić information content (AvgIpc) is 3.53. The number of aryl methyl sites for hydroxylation is 1. The molecule has 0 spiro atoms. The third-order valence-electron chi connectivity index (χ3n) is 6.70. The van der Waals surface area contributed by atoms with Gasteiger partial charge in [-0.1, -0.05) is 43.2 Å². The maximum atomic E-state index is 13.1. The van der Waals surface area contributed by atoms with E-state index >= 15 is 0 Å². The van der Waals surface area contributed by atoms with Gasteiger partial charge in [-0.2, -0.15) is 11.8 Å². The first-order valence-corrected chi connectivity index (χ1v) is 12.8. The normalized spacial score (nSPS) is 19.6. The number of hydrogen-bond acceptors (Lipinski definition) is 4. The summed E-state index contributed by atoms with van der Waals surface area (Å²) >= 11 is 2.03. The van der Waals surface area contributed by atoms with Gasteiger partial charge in [-0.05, 0) is 55.0 Å². The van der Waals surface area contributed by atoms with Crippen LogP contribution < -0.4 is 4.74 Å². The molecule has 2 aliphatic carbocycles. The summed E-state index contributed by atoms with van der Waals surface area (Å²) in [7, 11) is 0. The molecule has 3 aromatic rings. The Morgan fingerprint density at radius 3 is 2.72 bits per heavy atom. The SMILES string of the molecule is O=C1c2ccc(OC(Cn3ccnc3)c3ccccc3)cc2CCC1CSC1CCCC1. The van der Waals surface area contributed by atoms with Gasteiger partial charge in [-0.25, -0.2) is 4.98 Å². The Kier molecular flexibility index (Phi) is 6.63. The number of Topliss-reactive ketones (excluding diaryl/α,β-unsaturated/α-hetero) is 1. The van der Waals surface area contributed by atoms with E-state index in [2.05, 4.69) is 23.2 Å². The van der Waals surface area contributed by atoms with E-state index < -0.39 is 0 Å². The zero-order chi connectivity index (χ0) is 21.8. The number of nitrogens with zero attached hydrogens (tertiary/aromatic N) is 2. The Bertz CT molecular complexity index is 1030. The Morgan fingerprint density at radius 2 is 1.94 bits per heavy atom. The number of benzene rings is 2. The second-order valence-corrected chi connectivity index (χ2v) is 10.3. The first kappa shape index (κ1) is 21.3. The highest BCUT2D eigenvalue weighted by Crippen LogP contribution is 2.35. The van der Waals surface area contributed by atoms with Crippen LogP contribution in [0.4, 0.5) is 0 Å². The fraction of sp³-hybridized carbons (Fsp3) is 0.407. The Labute approximate surface area is 194 Å². The molecular formula is C27H30N2O2S. The number of ether oxygens (including phenoxy) is 1. The van der Waals surface area contributed by atoms with Crippen LogP contribution in [-0.2, 0) is 13.0 Å². The number of imidazole rings is 1. The van der Waals surface area contributed by atoms with Crippen LogP contribution in [0.3, 0.4) is 0 Å². The molecule has 0 bridgehead atoms. The van der Waals surface area contributed by atoms with E-state index in [1.807, 2.05) is 59.2 Å². The minimum absolute atomic E-state index is 0.127. The quantitative estimate of drug-likeness (QED) is 0.418. The molecule has 0 N–H and O–H groups in total. The molecule has 1 heterocycles. The smallest absolute Gasteiger partial charge is 0.167 e. The highest BCUT2D eigenvalue weighted by molar-refractivity contribution is 7.99. The third-order valence-corrected chi connectivity index (χ3v) is 8.23. The summed E-state index contributed by atoms with van der Waals surface area (Å²) in [5.74, 6) is 2.28. The van der Waals surface area contributed by atoms with Crippen molar-refractivity contribution in [3.8, 4) is 5.75 Å². The molecule has 2 atom stereocenters. The monoisotopic (exact) mass is 446 g/mol. The van der Waals surface area contributed by atoms with Crippen LogP contribution in [0.25, 0.3) is 0 Å². The average molecular weight is 447 g/mol. The summed E-state index contributed by atoms with van der Waals surface area (Å²) in [4.78, 5) is 17.3. The van der Waals surface area contributed by atoms with Gasteiger partial charge in [-0.15, -0.1) is 0 Å². The van der Waals surface area contributed by atoms with E-state index in [0.717, 1.165) is 46.3 Å². The Balaban J connectivity index is 1.29. The van der Waals surface area contributed by atoms with Crippen LogP contribution in [-0.4, -0.2) is 26.3 Å². The maximum absolute atomic E-state index is 13.1. The topological polar surface area (TPSA) is 44.1 Å². The molecule has 0 saturated heterocycles. The molecule has 4 nitrogen and oxygen atoms in total. The van der Waals surface area contributed by atoms with Gasteiger partial charge in [0.2, 0.25) is 0 Å². The molecule has 166 valence electrons. The van der Waals surface area contributed by atoms with Gasteiger partial charge in [0.1, 0.15) is 11.9 Å². The standard InChI is InChI=1S/C27H30N2O2S/c30-27-22(18-32-24-8-4-5-9-24)11-10-21-16-23(12-13-25(21)27)31-26(17-29-15-14-28-19-29)20-6-2-1-3-7-20/h1-3,6-7,12-16,19,22,24,26H,4-5,8-11,17-18H2. The molecular weight excluding hydrogens is 416 g/mol. The molecule has 5 heteroatoms. The summed E-state index contributed by atoms with van der Waals surface area (Å²) in [6, 6.07) is 16.3. The largest absolute Gasteiger partial charge is 0.484 e. The van der Waals surface area contributed by atoms with Crippen LogP contribution in [0.15, 0.2) is 67.3 Å². The number of hydrogen-bond donors (Lipinski definition) is 0. The lowest BCUT2D eigenvalue weighted by molar-refractivity contribution is 0.0916. The van der Waals surface area contributed by atoms with Crippen LogP contribution in [0.2, 0.25) is 0 Å². The first-order chi connectivity index (χ1) is 15.8. The maximum Gasteiger partial charge on any atom is 0.167 e. The van der Waals surface area contributed by atoms with Gasteiger partial charge in [0, 0.05) is 34.9 Å². The molecule has 0 radical (unpaired) electrons. The number of fused-ring (bicyclic) bond motifs is 1. The molecule has 2 aromatic carbocycles. The number of thioether (sulfide) groups is 1. The highest BCUT2D eigenvalue weighted by atomic mass is 32.2. The van der Waals surface area contributed by atoms with Crippen molar-refractivity contribution < 1.29 is 9.53 Å². The van der Waals surface area contributed by atoms with Crippen LogP contribution >= 0.6 is 11.8 Å². The Morgan fingerprint density at radius 1 is 1.09 bits per heavy atom. The fourth-order valence-electron chi connectivity index (χ4n) is 4.87. The van der Waals surface area contributed by atoms with Crippen molar-refractivity contribution in [2.75, 3.05) is 5.75 Å². The lowest BCUT2D eigenvalue weighted by atomic mass is 9.83. The number of rotatable bonds is 8. The van der Waals surface area contributed by atoms with Crippen molar-refractivity contribution in [2.45, 2.75) is 56.4 Å². The summed E-state index contributed by atoms with van der Waals surface area (Å²) in [6.07, 6.45) is 12.7. The number of aromatic nitrogens is 2. The van der Waals surface area contributed by atoms with E-state index in [1.165, 1.54) is 25.7 Å². The van der Waals surface area contributed by atoms with Gasteiger partial charge in [-0.3, -0.25) is 4.79 Å². The molecule has 2 aliphatic rings. The summed E-state index contributed by atoms with van der Waals surface area (Å²) in [5, 5.41) is 0.769. The van der Waals surface area contributed by atoms with Crippen molar-refractivity contribution in [1.82, 2.24) is 9.55 Å². The van der Waals surface area contributed by atoms with Crippen LogP contribution in [0.5, 0.6) is 5.75 Å². The first-order valence-electron chi connectivity index (χ1n) is 11.7. The zero-order valence-corrected chi connectivity index (χ0v) is 19.2. The van der Waals surface area contributed by atoms with Crippen LogP contribution in [0, 0.1) is 5.92 Å². The van der Waals surface area contributed by atoms with E-state index in [-0.39, 0.29) is 12.0 Å². The Hall–Kier alpha value is -2.53. The van der Waals surface area contributed by atoms with E-state index in [0.29, 0.717) is 12.3 Å². The summed E-state index contributed by atoms with van der Waals surface area (Å²) in [6.45, 7) is 0.681. The number of ketones is 1. The molecule has 2 unspecified atom stereocenters. The van der Waals surface area contributed by atoms with Crippen molar-refractivity contribution in [2.24, 2.45) is 5.92 Å². The minimum Gasteiger partial charge on any atom is -0.484 e. The summed E-state index contributed by atoms with van der Waals surface area (Å²) in [5.41, 5.74) is 3.15. The van der Waals surface area contributed by atoms with E-state index in [9.17, 15) is 4.79 Å². The predicted octanol–water partition coefficient (Wildman–Crippen LogP) is 6.12. The van der Waals surface area contributed by atoms with Crippen LogP contribution in [0.1, 0.15) is 59.7 Å². The lowest BCUT2D eigenvalue weighted by Crippen LogP contribution is -2.25. The van der Waals surface area contributed by atoms with Crippen molar-refractivity contribution >= 4 is 17.5 Å². The molecule has 0 amide bonds. The van der Waals surface area contributed by atoms with Gasteiger partial charge >= 0.3 is 0 Å². The molecule has 1 saturated carbocycles. The number of carbonyl (C=O) groups is 1. The molecule has 1 aromatic heterocycles.